The minimum Gasteiger partial charge on any atom is -0.497 e. The average molecular weight is 444 g/mol. The maximum absolute atomic E-state index is 13.1. The number of nitrogens with zero attached hydrogens (tertiary/aromatic N) is 3. The van der Waals surface area contributed by atoms with Crippen LogP contribution in [-0.2, 0) is 6.61 Å². The molecule has 136 valence electrons. The summed E-state index contributed by atoms with van der Waals surface area (Å²) in [5.41, 5.74) is 1.29. The van der Waals surface area contributed by atoms with E-state index in [1.54, 1.807) is 30.8 Å². The topological polar surface area (TPSA) is 66.2 Å². The molecule has 8 heteroatoms. The van der Waals surface area contributed by atoms with Gasteiger partial charge in [0.05, 0.1) is 18.0 Å². The lowest BCUT2D eigenvalue weighted by Crippen LogP contribution is -2.22. The van der Waals surface area contributed by atoms with E-state index in [-0.39, 0.29) is 18.2 Å². The third kappa shape index (κ3) is 3.58. The molecule has 0 aliphatic rings. The predicted molar refractivity (Wildman–Crippen MR) is 108 cm³/mol. The highest BCUT2D eigenvalue weighted by Crippen LogP contribution is 2.22. The molecular formula is C19H14BrN3O3S. The van der Waals surface area contributed by atoms with Gasteiger partial charge in [-0.05, 0) is 35.9 Å². The summed E-state index contributed by atoms with van der Waals surface area (Å²) in [6.07, 6.45) is 1.64. The van der Waals surface area contributed by atoms with E-state index in [0.717, 1.165) is 15.8 Å². The van der Waals surface area contributed by atoms with E-state index >= 15 is 0 Å². The Hall–Kier alpha value is -2.71. The lowest BCUT2D eigenvalue weighted by molar-refractivity contribution is 0.273. The van der Waals surface area contributed by atoms with Gasteiger partial charge in [-0.25, -0.2) is 9.55 Å². The quantitative estimate of drug-likeness (QED) is 0.462. The number of fused-ring (bicyclic) bond motifs is 1. The van der Waals surface area contributed by atoms with E-state index in [1.165, 1.54) is 15.9 Å². The van der Waals surface area contributed by atoms with Gasteiger partial charge in [0.1, 0.15) is 12.4 Å². The number of ether oxygens (including phenoxy) is 2. The normalized spacial score (nSPS) is 10.9. The Morgan fingerprint density at radius 1 is 1.19 bits per heavy atom. The molecule has 0 saturated heterocycles. The third-order valence-electron chi connectivity index (χ3n) is 3.94. The van der Waals surface area contributed by atoms with Gasteiger partial charge in [-0.2, -0.15) is 4.98 Å². The Kier molecular flexibility index (Phi) is 4.91. The molecular weight excluding hydrogens is 430 g/mol. The standard InChI is InChI=1S/C19H14BrN3O3S/c1-25-14-5-2-12(3-6-14)11-26-18-22-16-7-4-13(20)10-15(16)17(24)23(18)19-21-8-9-27-19/h2-10H,11H2,1H3. The first-order valence-corrected chi connectivity index (χ1v) is 9.71. The fourth-order valence-electron chi connectivity index (χ4n) is 2.60. The number of aromatic nitrogens is 3. The van der Waals surface area contributed by atoms with Crippen molar-refractivity contribution in [3.05, 3.63) is 74.4 Å². The molecule has 4 rings (SSSR count). The first kappa shape index (κ1) is 17.7. The monoisotopic (exact) mass is 443 g/mol. The molecule has 0 saturated carbocycles. The zero-order valence-corrected chi connectivity index (χ0v) is 16.7. The predicted octanol–water partition coefficient (Wildman–Crippen LogP) is 4.19. The van der Waals surface area contributed by atoms with Crippen molar-refractivity contribution in [1.29, 1.82) is 0 Å². The van der Waals surface area contributed by atoms with Gasteiger partial charge in [0.2, 0.25) is 5.13 Å². The second kappa shape index (κ2) is 7.50. The highest BCUT2D eigenvalue weighted by Gasteiger charge is 2.16. The van der Waals surface area contributed by atoms with E-state index in [0.29, 0.717) is 16.0 Å². The molecule has 0 N–H and O–H groups in total. The van der Waals surface area contributed by atoms with Gasteiger partial charge in [0.25, 0.3) is 5.56 Å². The molecule has 0 radical (unpaired) electrons. The van der Waals surface area contributed by atoms with E-state index in [9.17, 15) is 4.79 Å². The number of methoxy groups -OCH3 is 1. The summed E-state index contributed by atoms with van der Waals surface area (Å²) in [7, 11) is 1.62. The molecule has 0 amide bonds. The van der Waals surface area contributed by atoms with Crippen molar-refractivity contribution in [1.82, 2.24) is 14.5 Å². The van der Waals surface area contributed by atoms with E-state index in [4.69, 9.17) is 9.47 Å². The molecule has 0 spiro atoms. The Bertz CT molecular complexity index is 1140. The second-order valence-corrected chi connectivity index (χ2v) is 7.44. The van der Waals surface area contributed by atoms with Gasteiger partial charge >= 0.3 is 6.01 Å². The van der Waals surface area contributed by atoms with Crippen molar-refractivity contribution in [2.75, 3.05) is 7.11 Å². The molecule has 0 unspecified atom stereocenters. The Labute approximate surface area is 167 Å². The molecule has 0 bridgehead atoms. The number of hydrogen-bond acceptors (Lipinski definition) is 6. The second-order valence-electron chi connectivity index (χ2n) is 5.65. The van der Waals surface area contributed by atoms with E-state index in [2.05, 4.69) is 25.9 Å². The Morgan fingerprint density at radius 3 is 2.70 bits per heavy atom. The van der Waals surface area contributed by atoms with Gasteiger partial charge in [-0.15, -0.1) is 11.3 Å². The minimum absolute atomic E-state index is 0.209. The first-order chi connectivity index (χ1) is 13.2. The van der Waals surface area contributed by atoms with Crippen LogP contribution in [0, 0.1) is 0 Å². The van der Waals surface area contributed by atoms with Crippen LogP contribution in [0.3, 0.4) is 0 Å². The zero-order chi connectivity index (χ0) is 18.8. The lowest BCUT2D eigenvalue weighted by Gasteiger charge is -2.12. The van der Waals surface area contributed by atoms with Crippen LogP contribution >= 0.6 is 27.3 Å². The fraction of sp³-hybridized carbons (Fsp3) is 0.105. The fourth-order valence-corrected chi connectivity index (χ4v) is 3.59. The maximum Gasteiger partial charge on any atom is 0.306 e. The van der Waals surface area contributed by atoms with Crippen LogP contribution in [0.2, 0.25) is 0 Å². The number of halogens is 1. The van der Waals surface area contributed by atoms with Crippen molar-refractivity contribution >= 4 is 38.2 Å². The van der Waals surface area contributed by atoms with E-state index < -0.39 is 0 Å². The van der Waals surface area contributed by atoms with Crippen molar-refractivity contribution in [2.24, 2.45) is 0 Å². The van der Waals surface area contributed by atoms with Gasteiger partial charge in [0.15, 0.2) is 0 Å². The highest BCUT2D eigenvalue weighted by molar-refractivity contribution is 9.10. The van der Waals surface area contributed by atoms with Crippen LogP contribution < -0.4 is 15.0 Å². The van der Waals surface area contributed by atoms with Gasteiger partial charge < -0.3 is 9.47 Å². The average Bonchev–Trinajstić information content (AvgIpc) is 3.21. The van der Waals surface area contributed by atoms with Crippen LogP contribution in [0.4, 0.5) is 0 Å². The van der Waals surface area contributed by atoms with Crippen molar-refractivity contribution in [3.8, 4) is 16.9 Å². The van der Waals surface area contributed by atoms with Gasteiger partial charge in [-0.3, -0.25) is 4.79 Å². The van der Waals surface area contributed by atoms with Crippen molar-refractivity contribution < 1.29 is 9.47 Å². The number of rotatable bonds is 5. The van der Waals surface area contributed by atoms with Crippen LogP contribution in [-0.4, -0.2) is 21.6 Å². The van der Waals surface area contributed by atoms with Crippen molar-refractivity contribution in [2.45, 2.75) is 6.61 Å². The largest absolute Gasteiger partial charge is 0.497 e. The SMILES string of the molecule is COc1ccc(COc2nc3ccc(Br)cc3c(=O)n2-c2nccs2)cc1. The molecule has 6 nitrogen and oxygen atoms in total. The highest BCUT2D eigenvalue weighted by atomic mass is 79.9. The lowest BCUT2D eigenvalue weighted by atomic mass is 10.2. The molecule has 27 heavy (non-hydrogen) atoms. The third-order valence-corrected chi connectivity index (χ3v) is 5.19. The molecule has 0 fully saturated rings. The molecule has 0 atom stereocenters. The van der Waals surface area contributed by atoms with E-state index in [1.807, 2.05) is 30.3 Å². The summed E-state index contributed by atoms with van der Waals surface area (Å²) >= 11 is 4.75. The summed E-state index contributed by atoms with van der Waals surface area (Å²) in [6.45, 7) is 0.268. The van der Waals surface area contributed by atoms with Crippen LogP contribution in [0.25, 0.3) is 16.0 Å². The summed E-state index contributed by atoms with van der Waals surface area (Å²) < 4.78 is 13.3. The smallest absolute Gasteiger partial charge is 0.306 e. The van der Waals surface area contributed by atoms with Gasteiger partial charge in [-0.1, -0.05) is 28.1 Å². The van der Waals surface area contributed by atoms with Crippen molar-refractivity contribution in [3.63, 3.8) is 0 Å². The van der Waals surface area contributed by atoms with Crippen LogP contribution in [0.15, 0.2) is 63.3 Å². The molecule has 2 aromatic carbocycles. The maximum atomic E-state index is 13.1. The summed E-state index contributed by atoms with van der Waals surface area (Å²) in [6, 6.07) is 13.1. The summed E-state index contributed by atoms with van der Waals surface area (Å²) in [4.78, 5) is 21.9. The Balaban J connectivity index is 1.77. The number of hydrogen-bond donors (Lipinski definition) is 0. The van der Waals surface area contributed by atoms with Crippen LogP contribution in [0.1, 0.15) is 5.56 Å². The molecule has 2 aromatic heterocycles. The molecule has 0 aliphatic heterocycles. The number of benzene rings is 2. The number of thiazole rings is 1. The Morgan fingerprint density at radius 2 is 2.00 bits per heavy atom. The van der Waals surface area contributed by atoms with Crippen LogP contribution in [0.5, 0.6) is 11.8 Å². The minimum atomic E-state index is -0.221. The summed E-state index contributed by atoms with van der Waals surface area (Å²) in [5, 5.41) is 2.82. The molecule has 2 heterocycles. The zero-order valence-electron chi connectivity index (χ0n) is 14.3. The summed E-state index contributed by atoms with van der Waals surface area (Å²) in [5.74, 6) is 0.771. The molecule has 4 aromatic rings. The molecule has 0 aliphatic carbocycles. The first-order valence-electron chi connectivity index (χ1n) is 8.03. The van der Waals surface area contributed by atoms with Gasteiger partial charge in [0, 0.05) is 16.0 Å².